The van der Waals surface area contributed by atoms with Crippen LogP contribution in [0.4, 0.5) is 0 Å². The number of aromatic nitrogens is 1. The topological polar surface area (TPSA) is 33.1 Å². The molecule has 0 bridgehead atoms. The van der Waals surface area contributed by atoms with E-state index >= 15 is 0 Å². The number of benzene rings is 1. The third-order valence-electron chi connectivity index (χ3n) is 2.04. The fourth-order valence-electron chi connectivity index (χ4n) is 1.34. The average molecular weight is 284 g/mol. The maximum absolute atomic E-state index is 8.95. The number of pyridine rings is 1. The molecule has 88 valence electrons. The van der Waals surface area contributed by atoms with E-state index in [-0.39, 0.29) is 6.61 Å². The molecular formula is C12H11ClCuNO. The van der Waals surface area contributed by atoms with Gasteiger partial charge in [-0.2, -0.15) is 0 Å². The maximum atomic E-state index is 8.95. The van der Waals surface area contributed by atoms with Gasteiger partial charge in [-0.1, -0.05) is 36.4 Å². The summed E-state index contributed by atoms with van der Waals surface area (Å²) in [5.74, 6) is 0. The van der Waals surface area contributed by atoms with E-state index in [0.29, 0.717) is 5.69 Å². The third kappa shape index (κ3) is 3.62. The molecule has 0 saturated heterocycles. The van der Waals surface area contributed by atoms with Crippen LogP contribution < -0.4 is 0 Å². The second-order valence-electron chi connectivity index (χ2n) is 3.04. The fourth-order valence-corrected chi connectivity index (χ4v) is 1.34. The van der Waals surface area contributed by atoms with E-state index in [2.05, 4.69) is 30.2 Å². The molecule has 2 rings (SSSR count). The van der Waals surface area contributed by atoms with E-state index in [9.17, 15) is 0 Å². The van der Waals surface area contributed by atoms with Gasteiger partial charge in [-0.3, -0.25) is 4.98 Å². The van der Waals surface area contributed by atoms with Crippen LogP contribution in [0.15, 0.2) is 48.5 Å². The van der Waals surface area contributed by atoms with Crippen molar-refractivity contribution < 1.29 is 20.2 Å². The van der Waals surface area contributed by atoms with Gasteiger partial charge in [0.2, 0.25) is 0 Å². The van der Waals surface area contributed by atoms with Crippen LogP contribution in [-0.4, -0.2) is 10.1 Å². The van der Waals surface area contributed by atoms with Crippen molar-refractivity contribution in [1.29, 1.82) is 0 Å². The molecule has 0 spiro atoms. The van der Waals surface area contributed by atoms with Crippen LogP contribution in [0.1, 0.15) is 5.69 Å². The quantitative estimate of drug-likeness (QED) is 0.860. The SMILES string of the molecule is OCc1cccc(-c2ccccc2)n1.[Cl][Cu]. The summed E-state index contributed by atoms with van der Waals surface area (Å²) < 4.78 is 0. The van der Waals surface area contributed by atoms with E-state index in [1.165, 1.54) is 0 Å². The summed E-state index contributed by atoms with van der Waals surface area (Å²) in [6, 6.07) is 15.6. The molecule has 1 N–H and O–H groups in total. The molecule has 1 aromatic heterocycles. The van der Waals surface area contributed by atoms with Gasteiger partial charge in [0.05, 0.1) is 18.0 Å². The van der Waals surface area contributed by atoms with Crippen molar-refractivity contribution in [2.75, 3.05) is 0 Å². The molecule has 4 heteroatoms. The fraction of sp³-hybridized carbons (Fsp3) is 0.0833. The Morgan fingerprint density at radius 3 is 2.31 bits per heavy atom. The van der Waals surface area contributed by atoms with Crippen molar-refractivity contribution in [3.63, 3.8) is 0 Å². The number of aliphatic hydroxyl groups excluding tert-OH is 1. The molecule has 0 aliphatic heterocycles. The van der Waals surface area contributed by atoms with Gasteiger partial charge >= 0.3 is 25.2 Å². The predicted octanol–water partition coefficient (Wildman–Crippen LogP) is 2.93. The van der Waals surface area contributed by atoms with Gasteiger partial charge in [-0.05, 0) is 12.1 Å². The number of hydrogen-bond acceptors (Lipinski definition) is 2. The predicted molar refractivity (Wildman–Crippen MR) is 61.4 cm³/mol. The first-order valence-electron chi connectivity index (χ1n) is 4.64. The van der Waals surface area contributed by atoms with Gasteiger partial charge in [0.25, 0.3) is 0 Å². The first-order valence-corrected chi connectivity index (χ1v) is 5.93. The van der Waals surface area contributed by atoms with E-state index in [1.54, 1.807) is 0 Å². The molecule has 0 amide bonds. The normalized spacial score (nSPS) is 9.25. The van der Waals surface area contributed by atoms with E-state index in [1.807, 2.05) is 48.5 Å². The van der Waals surface area contributed by atoms with Gasteiger partial charge in [0, 0.05) is 5.56 Å². The summed E-state index contributed by atoms with van der Waals surface area (Å²) in [5.41, 5.74) is 2.67. The molecule has 0 saturated carbocycles. The molecule has 0 aliphatic rings. The van der Waals surface area contributed by atoms with Gasteiger partial charge < -0.3 is 5.11 Å². The number of hydrogen-bond donors (Lipinski definition) is 1. The molecule has 2 aromatic rings. The Morgan fingerprint density at radius 2 is 1.69 bits per heavy atom. The Balaban J connectivity index is 0.000000606. The monoisotopic (exact) mass is 283 g/mol. The molecule has 1 aromatic carbocycles. The summed E-state index contributed by atoms with van der Waals surface area (Å²) in [4.78, 5) is 4.31. The van der Waals surface area contributed by atoms with Crippen molar-refractivity contribution in [3.8, 4) is 11.3 Å². The molecule has 0 unspecified atom stereocenters. The van der Waals surface area contributed by atoms with Crippen molar-refractivity contribution >= 4 is 10.1 Å². The Morgan fingerprint density at radius 1 is 1.00 bits per heavy atom. The van der Waals surface area contributed by atoms with E-state index < -0.39 is 0 Å². The third-order valence-corrected chi connectivity index (χ3v) is 2.04. The summed E-state index contributed by atoms with van der Waals surface area (Å²) in [6.45, 7) is -0.0132. The number of nitrogens with zero attached hydrogens (tertiary/aromatic N) is 1. The molecule has 0 radical (unpaired) electrons. The van der Waals surface area contributed by atoms with Crippen LogP contribution in [0.25, 0.3) is 11.3 Å². The van der Waals surface area contributed by atoms with Crippen molar-refractivity contribution in [3.05, 3.63) is 54.2 Å². The second-order valence-corrected chi connectivity index (χ2v) is 3.04. The zero-order chi connectivity index (χ0) is 11.8. The summed E-state index contributed by atoms with van der Waals surface area (Å²) in [5, 5.41) is 8.95. The Kier molecular flexibility index (Phi) is 6.12. The Bertz CT molecular complexity index is 422. The molecule has 0 fully saturated rings. The molecule has 16 heavy (non-hydrogen) atoms. The van der Waals surface area contributed by atoms with Crippen LogP contribution in [0.3, 0.4) is 0 Å². The van der Waals surface area contributed by atoms with Crippen molar-refractivity contribution in [1.82, 2.24) is 4.98 Å². The summed E-state index contributed by atoms with van der Waals surface area (Å²) in [7, 11) is 4.20. The van der Waals surface area contributed by atoms with E-state index in [4.69, 9.17) is 5.11 Å². The molecule has 0 aliphatic carbocycles. The van der Waals surface area contributed by atoms with Crippen LogP contribution in [-0.2, 0) is 21.7 Å². The summed E-state index contributed by atoms with van der Waals surface area (Å²) >= 11 is 3.66. The Labute approximate surface area is 107 Å². The molecule has 0 atom stereocenters. The number of rotatable bonds is 2. The second kappa shape index (κ2) is 7.42. The minimum atomic E-state index is -0.0132. The molecule has 2 nitrogen and oxygen atoms in total. The van der Waals surface area contributed by atoms with E-state index in [0.717, 1.165) is 11.3 Å². The van der Waals surface area contributed by atoms with Crippen molar-refractivity contribution in [2.24, 2.45) is 0 Å². The number of halogens is 1. The van der Waals surface area contributed by atoms with Crippen LogP contribution in [0.5, 0.6) is 0 Å². The summed E-state index contributed by atoms with van der Waals surface area (Å²) in [6.07, 6.45) is 0. The zero-order valence-electron chi connectivity index (χ0n) is 8.40. The molecule has 1 heterocycles. The Hall–Kier alpha value is -0.861. The standard InChI is InChI=1S/C12H11NO.ClH.Cu/c14-9-11-7-4-8-12(13-11)10-5-2-1-3-6-10;;/h1-8,14H,9H2;1H;/q;;+1/p-1. The average Bonchev–Trinajstić information content (AvgIpc) is 2.42. The number of aliphatic hydroxyl groups is 1. The zero-order valence-corrected chi connectivity index (χ0v) is 10.1. The van der Waals surface area contributed by atoms with Crippen LogP contribution in [0, 0.1) is 0 Å². The van der Waals surface area contributed by atoms with Gasteiger partial charge in [-0.25, -0.2) is 0 Å². The first kappa shape index (κ1) is 13.2. The first-order chi connectivity index (χ1) is 7.90. The van der Waals surface area contributed by atoms with Crippen LogP contribution >= 0.6 is 10.1 Å². The van der Waals surface area contributed by atoms with Crippen molar-refractivity contribution in [2.45, 2.75) is 6.61 Å². The van der Waals surface area contributed by atoms with Gasteiger partial charge in [0.15, 0.2) is 0 Å². The van der Waals surface area contributed by atoms with Crippen LogP contribution in [0.2, 0.25) is 0 Å². The molecular weight excluding hydrogens is 273 g/mol. The minimum absolute atomic E-state index is 0.0132. The van der Waals surface area contributed by atoms with Gasteiger partial charge in [-0.15, -0.1) is 0 Å². The van der Waals surface area contributed by atoms with Gasteiger partial charge in [0.1, 0.15) is 0 Å².